The summed E-state index contributed by atoms with van der Waals surface area (Å²) in [5.41, 5.74) is 1.45. The van der Waals surface area contributed by atoms with E-state index < -0.39 is 10.0 Å². The third kappa shape index (κ3) is 5.20. The first-order valence-electron chi connectivity index (χ1n) is 10.3. The fourth-order valence-electron chi connectivity index (χ4n) is 3.29. The molecule has 32 heavy (non-hydrogen) atoms. The lowest BCUT2D eigenvalue weighted by atomic mass is 10.2. The highest BCUT2D eigenvalue weighted by atomic mass is 32.2. The zero-order valence-corrected chi connectivity index (χ0v) is 19.6. The van der Waals surface area contributed by atoms with Crippen molar-refractivity contribution in [3.8, 4) is 0 Å². The van der Waals surface area contributed by atoms with Gasteiger partial charge in [-0.25, -0.2) is 8.42 Å². The summed E-state index contributed by atoms with van der Waals surface area (Å²) >= 11 is 1.33. The zero-order valence-electron chi connectivity index (χ0n) is 17.9. The molecule has 0 spiro atoms. The van der Waals surface area contributed by atoms with E-state index in [2.05, 4.69) is 15.5 Å². The van der Waals surface area contributed by atoms with Gasteiger partial charge in [0.15, 0.2) is 5.16 Å². The number of amides is 1. The Morgan fingerprint density at radius 1 is 1.12 bits per heavy atom. The lowest BCUT2D eigenvalue weighted by Gasteiger charge is -2.17. The van der Waals surface area contributed by atoms with Crippen LogP contribution < -0.4 is 5.32 Å². The predicted molar refractivity (Wildman–Crippen MR) is 124 cm³/mol. The maximum atomic E-state index is 12.8. The van der Waals surface area contributed by atoms with Crippen LogP contribution in [-0.2, 0) is 28.4 Å². The van der Waals surface area contributed by atoms with Gasteiger partial charge < -0.3 is 9.88 Å². The first-order chi connectivity index (χ1) is 15.3. The minimum atomic E-state index is -3.63. The summed E-state index contributed by atoms with van der Waals surface area (Å²) in [7, 11) is -0.164. The first-order valence-corrected chi connectivity index (χ1v) is 12.7. The van der Waals surface area contributed by atoms with Crippen LogP contribution in [0.3, 0.4) is 0 Å². The van der Waals surface area contributed by atoms with E-state index in [-0.39, 0.29) is 23.1 Å². The normalized spacial score (nSPS) is 14.0. The summed E-state index contributed by atoms with van der Waals surface area (Å²) in [6.07, 6.45) is 2.29. The highest BCUT2D eigenvalue weighted by molar-refractivity contribution is 7.99. The van der Waals surface area contributed by atoms with Gasteiger partial charge in [-0.2, -0.15) is 4.31 Å². The Balaban J connectivity index is 1.33. The van der Waals surface area contributed by atoms with Gasteiger partial charge in [0.2, 0.25) is 15.9 Å². The Bertz CT molecular complexity index is 1190. The SMILES string of the molecule is CN(Cc1ccccc1)S(=O)(=O)c1ccc(NC(=O)CSc2nnc(C3CC3)n2C)cc1. The highest BCUT2D eigenvalue weighted by Gasteiger charge is 2.29. The van der Waals surface area contributed by atoms with Gasteiger partial charge in [-0.3, -0.25) is 4.79 Å². The molecule has 0 aliphatic heterocycles. The second-order valence-electron chi connectivity index (χ2n) is 7.78. The van der Waals surface area contributed by atoms with Crippen LogP contribution in [0.2, 0.25) is 0 Å². The number of carbonyl (C=O) groups excluding carboxylic acids is 1. The Morgan fingerprint density at radius 2 is 1.81 bits per heavy atom. The Kier molecular flexibility index (Phi) is 6.63. The van der Waals surface area contributed by atoms with E-state index in [1.807, 2.05) is 41.9 Å². The van der Waals surface area contributed by atoms with Gasteiger partial charge in [0.05, 0.1) is 10.6 Å². The van der Waals surface area contributed by atoms with E-state index in [1.54, 1.807) is 19.2 Å². The minimum Gasteiger partial charge on any atom is -0.325 e. The summed E-state index contributed by atoms with van der Waals surface area (Å²) in [5, 5.41) is 11.9. The summed E-state index contributed by atoms with van der Waals surface area (Å²) in [6.45, 7) is 0.281. The fourth-order valence-corrected chi connectivity index (χ4v) is 5.17. The molecule has 1 fully saturated rings. The number of sulfonamides is 1. The lowest BCUT2D eigenvalue weighted by Crippen LogP contribution is -2.26. The molecule has 0 atom stereocenters. The number of rotatable bonds is 9. The van der Waals surface area contributed by atoms with Gasteiger partial charge >= 0.3 is 0 Å². The van der Waals surface area contributed by atoms with Crippen molar-refractivity contribution in [3.63, 3.8) is 0 Å². The van der Waals surface area contributed by atoms with Gasteiger partial charge in [-0.05, 0) is 42.7 Å². The third-order valence-electron chi connectivity index (χ3n) is 5.24. The molecule has 2 aromatic carbocycles. The van der Waals surface area contributed by atoms with Crippen LogP contribution in [0.25, 0.3) is 0 Å². The van der Waals surface area contributed by atoms with Crippen LogP contribution in [0.5, 0.6) is 0 Å². The zero-order chi connectivity index (χ0) is 22.7. The van der Waals surface area contributed by atoms with Gasteiger partial charge in [-0.15, -0.1) is 10.2 Å². The van der Waals surface area contributed by atoms with Crippen molar-refractivity contribution in [2.24, 2.45) is 7.05 Å². The van der Waals surface area contributed by atoms with E-state index in [0.717, 1.165) is 24.2 Å². The van der Waals surface area contributed by atoms with E-state index in [4.69, 9.17) is 0 Å². The van der Waals surface area contributed by atoms with E-state index in [9.17, 15) is 13.2 Å². The molecular weight excluding hydrogens is 446 g/mol. The summed E-state index contributed by atoms with van der Waals surface area (Å²) in [5.74, 6) is 1.47. The molecule has 1 N–H and O–H groups in total. The largest absolute Gasteiger partial charge is 0.325 e. The maximum absolute atomic E-state index is 12.8. The smallest absolute Gasteiger partial charge is 0.243 e. The molecule has 1 amide bonds. The summed E-state index contributed by atoms with van der Waals surface area (Å²) < 4.78 is 28.9. The van der Waals surface area contributed by atoms with Crippen molar-refractivity contribution in [1.82, 2.24) is 19.1 Å². The minimum absolute atomic E-state index is 0.176. The average molecular weight is 472 g/mol. The second-order valence-corrected chi connectivity index (χ2v) is 10.8. The van der Waals surface area contributed by atoms with E-state index >= 15 is 0 Å². The molecule has 0 radical (unpaired) electrons. The van der Waals surface area contributed by atoms with E-state index in [0.29, 0.717) is 16.8 Å². The average Bonchev–Trinajstić information content (AvgIpc) is 3.56. The number of thioether (sulfide) groups is 1. The van der Waals surface area contributed by atoms with Crippen molar-refractivity contribution in [3.05, 3.63) is 66.0 Å². The number of anilines is 1. The van der Waals surface area contributed by atoms with Crippen LogP contribution in [0.4, 0.5) is 5.69 Å². The van der Waals surface area contributed by atoms with Crippen molar-refractivity contribution in [2.75, 3.05) is 18.1 Å². The summed E-state index contributed by atoms with van der Waals surface area (Å²) in [6, 6.07) is 15.6. The molecular formula is C22H25N5O3S2. The summed E-state index contributed by atoms with van der Waals surface area (Å²) in [4.78, 5) is 12.5. The topological polar surface area (TPSA) is 97.2 Å². The first kappa shape index (κ1) is 22.5. The highest BCUT2D eigenvalue weighted by Crippen LogP contribution is 2.39. The fraction of sp³-hybridized carbons (Fsp3) is 0.318. The maximum Gasteiger partial charge on any atom is 0.243 e. The molecule has 1 heterocycles. The molecule has 1 aliphatic carbocycles. The molecule has 3 aromatic rings. The van der Waals surface area contributed by atoms with Crippen molar-refractivity contribution in [2.45, 2.75) is 35.4 Å². The van der Waals surface area contributed by atoms with Crippen LogP contribution in [0.1, 0.15) is 30.1 Å². The molecule has 0 saturated heterocycles. The number of hydrogen-bond acceptors (Lipinski definition) is 6. The molecule has 10 heteroatoms. The number of aromatic nitrogens is 3. The quantitative estimate of drug-likeness (QED) is 0.481. The second kappa shape index (κ2) is 9.43. The standard InChI is InChI=1S/C22H25N5O3S2/c1-26(14-16-6-4-3-5-7-16)32(29,30)19-12-10-18(11-13-19)23-20(28)15-31-22-25-24-21(27(22)2)17-8-9-17/h3-7,10-13,17H,8-9,14-15H2,1-2H3,(H,23,28). The van der Waals surface area contributed by atoms with Crippen LogP contribution in [0.15, 0.2) is 64.6 Å². The van der Waals surface area contributed by atoms with Crippen molar-refractivity contribution in [1.29, 1.82) is 0 Å². The lowest BCUT2D eigenvalue weighted by molar-refractivity contribution is -0.113. The van der Waals surface area contributed by atoms with E-state index in [1.165, 1.54) is 28.2 Å². The van der Waals surface area contributed by atoms with Crippen molar-refractivity contribution >= 4 is 33.4 Å². The predicted octanol–water partition coefficient (Wildman–Crippen LogP) is 3.24. The van der Waals surface area contributed by atoms with Crippen molar-refractivity contribution < 1.29 is 13.2 Å². The molecule has 4 rings (SSSR count). The molecule has 1 aliphatic rings. The van der Waals surface area contributed by atoms with Crippen LogP contribution >= 0.6 is 11.8 Å². The third-order valence-corrected chi connectivity index (χ3v) is 8.08. The molecule has 1 saturated carbocycles. The number of benzene rings is 2. The Labute approximate surface area is 192 Å². The number of nitrogens with one attached hydrogen (secondary N) is 1. The molecule has 0 unspecified atom stereocenters. The molecule has 1 aromatic heterocycles. The monoisotopic (exact) mass is 471 g/mol. The Hall–Kier alpha value is -2.69. The number of hydrogen-bond donors (Lipinski definition) is 1. The molecule has 0 bridgehead atoms. The number of carbonyl (C=O) groups is 1. The number of nitrogens with zero attached hydrogens (tertiary/aromatic N) is 4. The van der Waals surface area contributed by atoms with Crippen LogP contribution in [-0.4, -0.2) is 46.2 Å². The van der Waals surface area contributed by atoms with Crippen LogP contribution in [0, 0.1) is 0 Å². The van der Waals surface area contributed by atoms with Gasteiger partial charge in [-0.1, -0.05) is 42.1 Å². The van der Waals surface area contributed by atoms with Gasteiger partial charge in [0.25, 0.3) is 0 Å². The Morgan fingerprint density at radius 3 is 2.47 bits per heavy atom. The molecule has 168 valence electrons. The van der Waals surface area contributed by atoms with Gasteiger partial charge in [0.1, 0.15) is 5.82 Å². The van der Waals surface area contributed by atoms with Gasteiger partial charge in [0, 0.05) is 32.2 Å². The molecule has 8 nitrogen and oxygen atoms in total.